The Bertz CT molecular complexity index is 1180. The first-order valence-electron chi connectivity index (χ1n) is 11.2. The minimum absolute atomic E-state index is 0.0718. The lowest BCUT2D eigenvalue weighted by Crippen LogP contribution is -2.58. The molecule has 10 nitrogen and oxygen atoms in total. The van der Waals surface area contributed by atoms with E-state index in [4.69, 9.17) is 11.3 Å². The normalized spacial score (nSPS) is 22.2. The van der Waals surface area contributed by atoms with Crippen molar-refractivity contribution < 1.29 is 14.2 Å². The standard InChI is InChI=1S/C23H25FN8O2/c1-15-18(4-5-19(24)23(15)25-2)21-12-31-8-7-30(10-17(31)13-34-21)11-20(33)16-3-6-22(26-9-16)32-14-27-28-29-32/h3-6,9,14,17,20-21,33H,7-8,10-13H2,1H3/t17-,20?,21-/m0/s1. The molecule has 5 rings (SSSR count). The molecule has 34 heavy (non-hydrogen) atoms. The van der Waals surface area contributed by atoms with Gasteiger partial charge >= 0.3 is 0 Å². The van der Waals surface area contributed by atoms with Crippen LogP contribution in [0.2, 0.25) is 0 Å². The number of halogens is 1. The van der Waals surface area contributed by atoms with E-state index in [2.05, 4.69) is 35.2 Å². The number of morpholine rings is 1. The molecule has 2 aliphatic heterocycles. The highest BCUT2D eigenvalue weighted by atomic mass is 19.1. The number of tetrazole rings is 1. The van der Waals surface area contributed by atoms with Crippen LogP contribution in [-0.2, 0) is 4.74 Å². The fourth-order valence-electron chi connectivity index (χ4n) is 4.72. The summed E-state index contributed by atoms with van der Waals surface area (Å²) in [6, 6.07) is 6.92. The minimum atomic E-state index is -0.659. The maximum atomic E-state index is 13.9. The first-order valence-corrected chi connectivity index (χ1v) is 11.2. The molecule has 0 radical (unpaired) electrons. The summed E-state index contributed by atoms with van der Waals surface area (Å²) in [6.07, 6.45) is 2.28. The SMILES string of the molecule is [C-]#[N+]c1c(F)ccc([C@@H]2CN3CCN(CC(O)c4ccc(-n5cnnn5)nc4)C[C@H]3CO2)c1C. The summed E-state index contributed by atoms with van der Waals surface area (Å²) in [5.41, 5.74) is 2.34. The summed E-state index contributed by atoms with van der Waals surface area (Å²) in [7, 11) is 0. The highest BCUT2D eigenvalue weighted by Gasteiger charge is 2.35. The van der Waals surface area contributed by atoms with Crippen LogP contribution in [0.5, 0.6) is 0 Å². The van der Waals surface area contributed by atoms with E-state index < -0.39 is 11.9 Å². The third kappa shape index (κ3) is 4.41. The molecule has 0 spiro atoms. The first-order chi connectivity index (χ1) is 16.5. The molecule has 1 aromatic carbocycles. The maximum absolute atomic E-state index is 13.9. The molecule has 2 fully saturated rings. The molecule has 0 bridgehead atoms. The molecule has 1 unspecified atom stereocenters. The van der Waals surface area contributed by atoms with E-state index in [9.17, 15) is 9.50 Å². The number of nitrogens with zero attached hydrogens (tertiary/aromatic N) is 8. The number of rotatable bonds is 5. The molecular weight excluding hydrogens is 439 g/mol. The quantitative estimate of drug-likeness (QED) is 0.572. The fraction of sp³-hybridized carbons (Fsp3) is 0.435. The summed E-state index contributed by atoms with van der Waals surface area (Å²) in [6.45, 7) is 13.3. The molecule has 3 atom stereocenters. The number of aliphatic hydroxyl groups is 1. The fourth-order valence-corrected chi connectivity index (χ4v) is 4.72. The first kappa shape index (κ1) is 22.5. The van der Waals surface area contributed by atoms with Crippen LogP contribution in [0.15, 0.2) is 36.8 Å². The lowest BCUT2D eigenvalue weighted by atomic mass is 9.98. The number of ether oxygens (including phenoxy) is 1. The van der Waals surface area contributed by atoms with Crippen molar-refractivity contribution in [2.75, 3.05) is 39.3 Å². The predicted octanol–water partition coefficient (Wildman–Crippen LogP) is 1.85. The second-order valence-electron chi connectivity index (χ2n) is 8.67. The average Bonchev–Trinajstić information content (AvgIpc) is 3.39. The van der Waals surface area contributed by atoms with Gasteiger partial charge in [-0.1, -0.05) is 12.1 Å². The van der Waals surface area contributed by atoms with Gasteiger partial charge in [0.05, 0.1) is 25.4 Å². The van der Waals surface area contributed by atoms with Crippen molar-refractivity contribution in [3.63, 3.8) is 0 Å². The summed E-state index contributed by atoms with van der Waals surface area (Å²) >= 11 is 0. The summed E-state index contributed by atoms with van der Waals surface area (Å²) in [4.78, 5) is 12.3. The van der Waals surface area contributed by atoms with Gasteiger partial charge in [0, 0.05) is 50.5 Å². The smallest absolute Gasteiger partial charge is 0.225 e. The van der Waals surface area contributed by atoms with Crippen molar-refractivity contribution in [2.45, 2.75) is 25.2 Å². The van der Waals surface area contributed by atoms with Crippen LogP contribution in [0, 0.1) is 19.3 Å². The van der Waals surface area contributed by atoms with Crippen molar-refractivity contribution in [1.29, 1.82) is 0 Å². The maximum Gasteiger partial charge on any atom is 0.225 e. The second-order valence-corrected chi connectivity index (χ2v) is 8.67. The van der Waals surface area contributed by atoms with E-state index in [1.54, 1.807) is 25.3 Å². The zero-order valence-corrected chi connectivity index (χ0v) is 18.7. The Kier molecular flexibility index (Phi) is 6.30. The van der Waals surface area contributed by atoms with Gasteiger partial charge < -0.3 is 9.84 Å². The topological polar surface area (TPSA) is 96.8 Å². The average molecular weight is 465 g/mol. The van der Waals surface area contributed by atoms with E-state index in [-0.39, 0.29) is 17.8 Å². The number of hydrogen-bond donors (Lipinski definition) is 1. The highest BCUT2D eigenvalue weighted by Crippen LogP contribution is 2.34. The number of aromatic nitrogens is 5. The van der Waals surface area contributed by atoms with Crippen LogP contribution < -0.4 is 0 Å². The summed E-state index contributed by atoms with van der Waals surface area (Å²) < 4.78 is 21.5. The molecule has 0 aliphatic carbocycles. The van der Waals surface area contributed by atoms with Crippen LogP contribution in [0.3, 0.4) is 0 Å². The van der Waals surface area contributed by atoms with Gasteiger partial charge in [-0.3, -0.25) is 9.80 Å². The zero-order chi connectivity index (χ0) is 23.7. The number of hydrogen-bond acceptors (Lipinski definition) is 8. The predicted molar refractivity (Wildman–Crippen MR) is 120 cm³/mol. The van der Waals surface area contributed by atoms with Crippen molar-refractivity contribution in [3.05, 3.63) is 70.7 Å². The molecule has 11 heteroatoms. The van der Waals surface area contributed by atoms with Crippen molar-refractivity contribution in [1.82, 2.24) is 35.0 Å². The van der Waals surface area contributed by atoms with Crippen LogP contribution >= 0.6 is 0 Å². The Labute approximate surface area is 196 Å². The number of aliphatic hydroxyl groups excluding tert-OH is 1. The monoisotopic (exact) mass is 464 g/mol. The Morgan fingerprint density at radius 1 is 1.26 bits per heavy atom. The van der Waals surface area contributed by atoms with E-state index in [1.807, 2.05) is 6.07 Å². The number of benzene rings is 1. The van der Waals surface area contributed by atoms with E-state index in [1.165, 1.54) is 17.1 Å². The molecule has 4 heterocycles. The Hall–Kier alpha value is -3.30. The number of fused-ring (bicyclic) bond motifs is 1. The van der Waals surface area contributed by atoms with Gasteiger partial charge in [-0.2, -0.15) is 4.68 Å². The van der Waals surface area contributed by atoms with Crippen LogP contribution in [0.25, 0.3) is 10.7 Å². The molecule has 0 saturated carbocycles. The van der Waals surface area contributed by atoms with Crippen LogP contribution in [-0.4, -0.2) is 85.5 Å². The lowest BCUT2D eigenvalue weighted by Gasteiger charge is -2.46. The van der Waals surface area contributed by atoms with Crippen LogP contribution in [0.4, 0.5) is 10.1 Å². The van der Waals surface area contributed by atoms with Crippen molar-refractivity contribution in [2.24, 2.45) is 0 Å². The van der Waals surface area contributed by atoms with E-state index >= 15 is 0 Å². The van der Waals surface area contributed by atoms with Gasteiger partial charge in [-0.15, -0.1) is 5.10 Å². The number of pyridine rings is 1. The molecular formula is C23H25FN8O2. The number of piperazine rings is 1. The van der Waals surface area contributed by atoms with Gasteiger partial charge in [0.2, 0.25) is 5.69 Å². The molecule has 2 saturated heterocycles. The van der Waals surface area contributed by atoms with E-state index in [0.717, 1.165) is 30.8 Å². The third-order valence-electron chi connectivity index (χ3n) is 6.63. The molecule has 176 valence electrons. The van der Waals surface area contributed by atoms with Crippen molar-refractivity contribution >= 4 is 5.69 Å². The Balaban J connectivity index is 1.18. The highest BCUT2D eigenvalue weighted by molar-refractivity contribution is 5.56. The van der Waals surface area contributed by atoms with Gasteiger partial charge in [0.25, 0.3) is 0 Å². The summed E-state index contributed by atoms with van der Waals surface area (Å²) in [5, 5.41) is 21.8. The van der Waals surface area contributed by atoms with E-state index in [0.29, 0.717) is 31.1 Å². The second kappa shape index (κ2) is 9.52. The minimum Gasteiger partial charge on any atom is -0.387 e. The molecule has 2 aliphatic rings. The molecule has 2 aromatic heterocycles. The van der Waals surface area contributed by atoms with Gasteiger partial charge in [0.1, 0.15) is 12.1 Å². The Morgan fingerprint density at radius 3 is 2.88 bits per heavy atom. The molecule has 1 N–H and O–H groups in total. The summed E-state index contributed by atoms with van der Waals surface area (Å²) in [5.74, 6) is 0.0979. The van der Waals surface area contributed by atoms with Crippen molar-refractivity contribution in [3.8, 4) is 5.82 Å². The number of β-amino-alcohol motifs (C(OH)–C–C–N with tert-alkyl or cyclic N) is 1. The van der Waals surface area contributed by atoms with Gasteiger partial charge in [-0.25, -0.2) is 14.2 Å². The third-order valence-corrected chi connectivity index (χ3v) is 6.63. The molecule has 3 aromatic rings. The van der Waals surface area contributed by atoms with Crippen LogP contribution in [0.1, 0.15) is 28.9 Å². The largest absolute Gasteiger partial charge is 0.387 e. The van der Waals surface area contributed by atoms with Gasteiger partial charge in [0.15, 0.2) is 5.82 Å². The lowest BCUT2D eigenvalue weighted by molar-refractivity contribution is -0.0939. The zero-order valence-electron chi connectivity index (χ0n) is 18.7. The molecule has 0 amide bonds. The van der Waals surface area contributed by atoms with Gasteiger partial charge in [-0.05, 0) is 40.6 Å². The Morgan fingerprint density at radius 2 is 2.15 bits per heavy atom.